The van der Waals surface area contributed by atoms with Gasteiger partial charge in [-0.1, -0.05) is 40.2 Å². The molecule has 1 aromatic heterocycles. The number of aromatic nitrogens is 2. The van der Waals surface area contributed by atoms with Gasteiger partial charge in [-0.3, -0.25) is 9.36 Å². The summed E-state index contributed by atoms with van der Waals surface area (Å²) in [6.07, 6.45) is 3.64. The van der Waals surface area contributed by atoms with Crippen molar-refractivity contribution in [2.24, 2.45) is 7.05 Å². The monoisotopic (exact) mass is 305 g/mol. The number of benzene rings is 1. The molecule has 18 heavy (non-hydrogen) atoms. The highest BCUT2D eigenvalue weighted by Crippen LogP contribution is 2.18. The van der Waals surface area contributed by atoms with Crippen LogP contribution in [-0.4, -0.2) is 9.55 Å². The van der Waals surface area contributed by atoms with Crippen LogP contribution in [0.25, 0.3) is 12.2 Å². The van der Waals surface area contributed by atoms with E-state index in [4.69, 9.17) is 5.73 Å². The third-order valence-electron chi connectivity index (χ3n) is 2.53. The van der Waals surface area contributed by atoms with Crippen molar-refractivity contribution in [3.63, 3.8) is 0 Å². The maximum atomic E-state index is 11.5. The summed E-state index contributed by atoms with van der Waals surface area (Å²) in [7, 11) is 1.59. The standard InChI is InChI=1S/C13H12BrN3O/c1-17-12(18)8-10(16-13(17)15)7-6-9-4-2-3-5-11(9)14/h2-8H,1H3,(H2,15,16). The molecule has 0 fully saturated rings. The molecule has 0 saturated heterocycles. The van der Waals surface area contributed by atoms with Crippen molar-refractivity contribution < 1.29 is 0 Å². The number of anilines is 1. The first-order valence-corrected chi connectivity index (χ1v) is 6.13. The lowest BCUT2D eigenvalue weighted by Crippen LogP contribution is -2.20. The number of nitrogen functional groups attached to an aromatic ring is 1. The van der Waals surface area contributed by atoms with Crippen LogP contribution in [0.1, 0.15) is 11.3 Å². The van der Waals surface area contributed by atoms with E-state index in [0.29, 0.717) is 5.69 Å². The summed E-state index contributed by atoms with van der Waals surface area (Å²) in [5.74, 6) is 0.203. The molecule has 1 aromatic carbocycles. The maximum Gasteiger partial charge on any atom is 0.255 e. The second-order valence-corrected chi connectivity index (χ2v) is 4.65. The van der Waals surface area contributed by atoms with Crippen LogP contribution in [0, 0.1) is 0 Å². The number of nitrogens with two attached hydrogens (primary N) is 1. The van der Waals surface area contributed by atoms with Crippen molar-refractivity contribution in [3.05, 3.63) is 56.4 Å². The topological polar surface area (TPSA) is 60.9 Å². The molecule has 92 valence electrons. The van der Waals surface area contributed by atoms with Gasteiger partial charge in [0, 0.05) is 17.6 Å². The van der Waals surface area contributed by atoms with Gasteiger partial charge in [0.25, 0.3) is 5.56 Å². The summed E-state index contributed by atoms with van der Waals surface area (Å²) in [5, 5.41) is 0. The van der Waals surface area contributed by atoms with Crippen molar-refractivity contribution in [2.45, 2.75) is 0 Å². The first-order chi connectivity index (χ1) is 8.58. The molecule has 0 atom stereocenters. The Morgan fingerprint density at radius 1 is 1.33 bits per heavy atom. The Kier molecular flexibility index (Phi) is 3.62. The number of nitrogens with zero attached hydrogens (tertiary/aromatic N) is 2. The fraction of sp³-hybridized carbons (Fsp3) is 0.0769. The zero-order chi connectivity index (χ0) is 13.1. The number of hydrogen-bond donors (Lipinski definition) is 1. The molecular formula is C13H12BrN3O. The number of hydrogen-bond acceptors (Lipinski definition) is 3. The summed E-state index contributed by atoms with van der Waals surface area (Å²) in [6, 6.07) is 9.24. The molecule has 0 spiro atoms. The van der Waals surface area contributed by atoms with E-state index in [1.165, 1.54) is 10.6 Å². The molecule has 0 amide bonds. The highest BCUT2D eigenvalue weighted by atomic mass is 79.9. The van der Waals surface area contributed by atoms with E-state index < -0.39 is 0 Å². The van der Waals surface area contributed by atoms with Gasteiger partial charge in [0.15, 0.2) is 0 Å². The molecule has 0 aliphatic heterocycles. The molecule has 2 aromatic rings. The third kappa shape index (κ3) is 2.68. The van der Waals surface area contributed by atoms with Crippen LogP contribution < -0.4 is 11.3 Å². The van der Waals surface area contributed by atoms with E-state index in [9.17, 15) is 4.79 Å². The Bertz CT molecular complexity index is 662. The van der Waals surface area contributed by atoms with Crippen LogP contribution >= 0.6 is 15.9 Å². The molecule has 0 aliphatic carbocycles. The fourth-order valence-electron chi connectivity index (χ4n) is 1.45. The number of halogens is 1. The van der Waals surface area contributed by atoms with Gasteiger partial charge in [-0.25, -0.2) is 4.98 Å². The summed E-state index contributed by atoms with van der Waals surface area (Å²) in [5.41, 5.74) is 7.02. The fourth-order valence-corrected chi connectivity index (χ4v) is 1.86. The average molecular weight is 306 g/mol. The van der Waals surface area contributed by atoms with Gasteiger partial charge in [-0.05, 0) is 17.7 Å². The molecule has 0 radical (unpaired) electrons. The lowest BCUT2D eigenvalue weighted by molar-refractivity contribution is 0.840. The van der Waals surface area contributed by atoms with E-state index in [-0.39, 0.29) is 11.5 Å². The van der Waals surface area contributed by atoms with Crippen molar-refractivity contribution in [1.82, 2.24) is 9.55 Å². The van der Waals surface area contributed by atoms with Crippen LogP contribution in [0.15, 0.2) is 39.6 Å². The second-order valence-electron chi connectivity index (χ2n) is 3.79. The summed E-state index contributed by atoms with van der Waals surface area (Å²) in [6.45, 7) is 0. The van der Waals surface area contributed by atoms with Crippen LogP contribution in [0.4, 0.5) is 5.95 Å². The van der Waals surface area contributed by atoms with Gasteiger partial charge < -0.3 is 5.73 Å². The highest BCUT2D eigenvalue weighted by molar-refractivity contribution is 9.10. The molecule has 0 saturated carbocycles. The van der Waals surface area contributed by atoms with Crippen molar-refractivity contribution >= 4 is 34.0 Å². The minimum absolute atomic E-state index is 0.172. The van der Waals surface area contributed by atoms with Gasteiger partial charge in [0.05, 0.1) is 5.69 Å². The SMILES string of the molecule is Cn1c(N)nc(C=Cc2ccccc2Br)cc1=O. The van der Waals surface area contributed by atoms with Gasteiger partial charge >= 0.3 is 0 Å². The molecule has 1 heterocycles. The molecule has 4 nitrogen and oxygen atoms in total. The maximum absolute atomic E-state index is 11.5. The van der Waals surface area contributed by atoms with Crippen LogP contribution in [-0.2, 0) is 7.05 Å². The van der Waals surface area contributed by atoms with Gasteiger partial charge in [-0.2, -0.15) is 0 Å². The van der Waals surface area contributed by atoms with Crippen LogP contribution in [0.5, 0.6) is 0 Å². The molecule has 2 N–H and O–H groups in total. The Hall–Kier alpha value is -1.88. The zero-order valence-corrected chi connectivity index (χ0v) is 11.4. The van der Waals surface area contributed by atoms with E-state index >= 15 is 0 Å². The predicted octanol–water partition coefficient (Wildman–Crippen LogP) is 2.30. The molecule has 0 unspecified atom stereocenters. The summed E-state index contributed by atoms with van der Waals surface area (Å²) in [4.78, 5) is 15.7. The second kappa shape index (κ2) is 5.18. The molecule has 0 aliphatic rings. The lowest BCUT2D eigenvalue weighted by atomic mass is 10.2. The summed E-state index contributed by atoms with van der Waals surface area (Å²) >= 11 is 3.45. The van der Waals surface area contributed by atoms with Crippen LogP contribution in [0.2, 0.25) is 0 Å². The van der Waals surface area contributed by atoms with Gasteiger partial charge in [0.1, 0.15) is 0 Å². The molecular weight excluding hydrogens is 294 g/mol. The quantitative estimate of drug-likeness (QED) is 0.926. The predicted molar refractivity (Wildman–Crippen MR) is 77.0 cm³/mol. The molecule has 5 heteroatoms. The smallest absolute Gasteiger partial charge is 0.255 e. The Labute approximate surface area is 113 Å². The van der Waals surface area contributed by atoms with E-state index in [0.717, 1.165) is 10.0 Å². The van der Waals surface area contributed by atoms with Gasteiger partial charge in [-0.15, -0.1) is 0 Å². The Balaban J connectivity index is 2.36. The van der Waals surface area contributed by atoms with Crippen molar-refractivity contribution in [2.75, 3.05) is 5.73 Å². The minimum Gasteiger partial charge on any atom is -0.369 e. The lowest BCUT2D eigenvalue weighted by Gasteiger charge is -2.02. The van der Waals surface area contributed by atoms with Crippen molar-refractivity contribution in [3.8, 4) is 0 Å². The minimum atomic E-state index is -0.172. The van der Waals surface area contributed by atoms with E-state index in [2.05, 4.69) is 20.9 Å². The molecule has 0 bridgehead atoms. The number of rotatable bonds is 2. The average Bonchev–Trinajstić information content (AvgIpc) is 2.35. The first-order valence-electron chi connectivity index (χ1n) is 5.34. The van der Waals surface area contributed by atoms with E-state index in [1.807, 2.05) is 30.3 Å². The Morgan fingerprint density at radius 2 is 2.06 bits per heavy atom. The normalized spacial score (nSPS) is 11.0. The zero-order valence-electron chi connectivity index (χ0n) is 9.80. The Morgan fingerprint density at radius 3 is 2.72 bits per heavy atom. The molecule has 2 rings (SSSR count). The van der Waals surface area contributed by atoms with Crippen molar-refractivity contribution in [1.29, 1.82) is 0 Å². The largest absolute Gasteiger partial charge is 0.369 e. The first kappa shape index (κ1) is 12.6. The highest BCUT2D eigenvalue weighted by Gasteiger charge is 2.00. The summed E-state index contributed by atoms with van der Waals surface area (Å²) < 4.78 is 2.29. The third-order valence-corrected chi connectivity index (χ3v) is 3.25. The van der Waals surface area contributed by atoms with Gasteiger partial charge in [0.2, 0.25) is 5.95 Å². The van der Waals surface area contributed by atoms with Crippen LogP contribution in [0.3, 0.4) is 0 Å². The van der Waals surface area contributed by atoms with E-state index in [1.54, 1.807) is 13.1 Å².